The van der Waals surface area contributed by atoms with Crippen LogP contribution in [0.2, 0.25) is 0 Å². The number of furan rings is 1. The highest BCUT2D eigenvalue weighted by Gasteiger charge is 2.13. The van der Waals surface area contributed by atoms with E-state index >= 15 is 0 Å². The lowest BCUT2D eigenvalue weighted by Crippen LogP contribution is -2.87. The molecule has 1 aromatic heterocycles. The average Bonchev–Trinajstić information content (AvgIpc) is 3.08. The largest absolute Gasteiger partial charge is 0.463 e. The number of nitrogens with one attached hydrogen (secondary N) is 1. The number of nitrogens with two attached hydrogens (primary N) is 1. The van der Waals surface area contributed by atoms with Crippen LogP contribution in [0.1, 0.15) is 24.3 Å². The molecular weight excluding hydrogens is 318 g/mol. The summed E-state index contributed by atoms with van der Waals surface area (Å²) in [5.41, 5.74) is 0.935. The molecule has 0 aliphatic carbocycles. The van der Waals surface area contributed by atoms with Crippen molar-refractivity contribution in [2.75, 3.05) is 13.1 Å². The Morgan fingerprint density at radius 2 is 2.04 bits per heavy atom. The highest BCUT2D eigenvalue weighted by atomic mass is 19.3. The summed E-state index contributed by atoms with van der Waals surface area (Å²) < 4.78 is 33.7. The van der Waals surface area contributed by atoms with Gasteiger partial charge in [-0.2, -0.15) is 8.78 Å². The minimum absolute atomic E-state index is 0.0638. The van der Waals surface area contributed by atoms with Crippen LogP contribution in [0.4, 0.5) is 8.78 Å². The molecule has 0 bridgehead atoms. The molecule has 1 aromatic carbocycles. The number of halogens is 2. The van der Waals surface area contributed by atoms with Gasteiger partial charge >= 0.3 is 6.61 Å². The summed E-state index contributed by atoms with van der Waals surface area (Å²) in [4.78, 5) is 11.8. The fourth-order valence-corrected chi connectivity index (χ4v) is 2.21. The van der Waals surface area contributed by atoms with Gasteiger partial charge in [-0.3, -0.25) is 4.79 Å². The van der Waals surface area contributed by atoms with E-state index in [1.807, 2.05) is 24.4 Å². The summed E-state index contributed by atoms with van der Waals surface area (Å²) in [6, 6.07) is 10.2. The van der Waals surface area contributed by atoms with Gasteiger partial charge in [0.1, 0.15) is 11.8 Å². The molecule has 130 valence electrons. The molecule has 1 heterocycles. The summed E-state index contributed by atoms with van der Waals surface area (Å²) >= 11 is 0. The number of carbonyl (C=O) groups is 1. The third kappa shape index (κ3) is 6.00. The summed E-state index contributed by atoms with van der Waals surface area (Å²) in [6.45, 7) is -0.0652. The second-order valence-electron chi connectivity index (χ2n) is 5.37. The lowest BCUT2D eigenvalue weighted by atomic mass is 10.1. The van der Waals surface area contributed by atoms with Crippen molar-refractivity contribution in [1.82, 2.24) is 5.32 Å². The van der Waals surface area contributed by atoms with Crippen LogP contribution in [0.3, 0.4) is 0 Å². The first kappa shape index (κ1) is 17.9. The molecule has 5 nitrogen and oxygen atoms in total. The molecule has 2 rings (SSSR count). The molecule has 24 heavy (non-hydrogen) atoms. The summed E-state index contributed by atoms with van der Waals surface area (Å²) in [6.07, 6.45) is 2.23. The first-order chi connectivity index (χ1) is 11.5. The van der Waals surface area contributed by atoms with Gasteiger partial charge in [0.05, 0.1) is 6.26 Å². The van der Waals surface area contributed by atoms with Crippen LogP contribution < -0.4 is 15.4 Å². The number of hydrogen-bond donors (Lipinski definition) is 2. The van der Waals surface area contributed by atoms with Crippen LogP contribution in [0.25, 0.3) is 0 Å². The second-order valence-corrected chi connectivity index (χ2v) is 5.37. The molecule has 3 N–H and O–H groups in total. The van der Waals surface area contributed by atoms with Crippen LogP contribution in [0.15, 0.2) is 47.1 Å². The SMILES string of the molecule is C[C@H]([NH2+]CC(=O)NCCc1ccc(OC(F)F)cc1)c1ccco1. The molecule has 0 spiro atoms. The molecule has 0 saturated heterocycles. The zero-order valence-electron chi connectivity index (χ0n) is 13.4. The molecule has 1 atom stereocenters. The predicted molar refractivity (Wildman–Crippen MR) is 83.7 cm³/mol. The van der Waals surface area contributed by atoms with Gasteiger partial charge < -0.3 is 19.8 Å². The average molecular weight is 339 g/mol. The van der Waals surface area contributed by atoms with Crippen molar-refractivity contribution < 1.29 is 28.0 Å². The first-order valence-electron chi connectivity index (χ1n) is 7.72. The highest BCUT2D eigenvalue weighted by Crippen LogP contribution is 2.14. The Kier molecular flexibility index (Phi) is 6.74. The third-order valence-electron chi connectivity index (χ3n) is 3.53. The van der Waals surface area contributed by atoms with Crippen LogP contribution in [0, 0.1) is 0 Å². The number of quaternary nitrogens is 1. The standard InChI is InChI=1S/C17H20F2N2O3/c1-12(15-3-2-10-23-15)21-11-16(22)20-9-8-13-4-6-14(7-5-13)24-17(18)19/h2-7,10,12,17,21H,8-9,11H2,1H3,(H,20,22)/p+1/t12-/m0/s1. The van der Waals surface area contributed by atoms with E-state index in [1.54, 1.807) is 18.4 Å². The van der Waals surface area contributed by atoms with E-state index < -0.39 is 6.61 Å². The van der Waals surface area contributed by atoms with E-state index in [-0.39, 0.29) is 17.7 Å². The Morgan fingerprint density at radius 3 is 2.67 bits per heavy atom. The molecule has 0 aliphatic heterocycles. The molecule has 0 radical (unpaired) electrons. The van der Waals surface area contributed by atoms with Crippen molar-refractivity contribution in [3.8, 4) is 5.75 Å². The maximum absolute atomic E-state index is 12.1. The number of rotatable bonds is 9. The van der Waals surface area contributed by atoms with Gasteiger partial charge in [-0.15, -0.1) is 0 Å². The Balaban J connectivity index is 1.65. The Morgan fingerprint density at radius 1 is 1.29 bits per heavy atom. The van der Waals surface area contributed by atoms with E-state index in [0.717, 1.165) is 11.3 Å². The highest BCUT2D eigenvalue weighted by molar-refractivity contribution is 5.76. The van der Waals surface area contributed by atoms with Crippen molar-refractivity contribution >= 4 is 5.91 Å². The van der Waals surface area contributed by atoms with Crippen LogP contribution >= 0.6 is 0 Å². The van der Waals surface area contributed by atoms with Crippen LogP contribution in [0.5, 0.6) is 5.75 Å². The first-order valence-corrected chi connectivity index (χ1v) is 7.72. The number of alkyl halides is 2. The molecule has 0 aliphatic rings. The molecule has 7 heteroatoms. The molecule has 0 fully saturated rings. The number of carbonyl (C=O) groups excluding carboxylic acids is 1. The fraction of sp³-hybridized carbons (Fsp3) is 0.353. The van der Waals surface area contributed by atoms with E-state index in [9.17, 15) is 13.6 Å². The third-order valence-corrected chi connectivity index (χ3v) is 3.53. The molecule has 0 saturated carbocycles. The number of hydrogen-bond acceptors (Lipinski definition) is 3. The Bertz CT molecular complexity index is 615. The van der Waals surface area contributed by atoms with Gasteiger partial charge in [0.25, 0.3) is 5.91 Å². The summed E-state index contributed by atoms with van der Waals surface area (Å²) in [5.74, 6) is 0.888. The van der Waals surface area contributed by atoms with Crippen molar-refractivity contribution in [3.63, 3.8) is 0 Å². The zero-order chi connectivity index (χ0) is 17.4. The molecular formula is C17H21F2N2O3+. The van der Waals surface area contributed by atoms with E-state index in [0.29, 0.717) is 19.5 Å². The number of benzene rings is 1. The lowest BCUT2D eigenvalue weighted by molar-refractivity contribution is -0.684. The van der Waals surface area contributed by atoms with Gasteiger partial charge in [0.15, 0.2) is 12.3 Å². The number of amides is 1. The topological polar surface area (TPSA) is 68.1 Å². The van der Waals surface area contributed by atoms with Crippen molar-refractivity contribution in [3.05, 3.63) is 54.0 Å². The van der Waals surface area contributed by atoms with Gasteiger partial charge in [-0.25, -0.2) is 0 Å². The maximum Gasteiger partial charge on any atom is 0.387 e. The Labute approximate surface area is 139 Å². The van der Waals surface area contributed by atoms with Crippen LogP contribution in [-0.4, -0.2) is 25.6 Å². The minimum atomic E-state index is -2.82. The second kappa shape index (κ2) is 9.02. The fourth-order valence-electron chi connectivity index (χ4n) is 2.21. The van der Waals surface area contributed by atoms with Crippen molar-refractivity contribution in [1.29, 1.82) is 0 Å². The summed E-state index contributed by atoms with van der Waals surface area (Å²) in [7, 11) is 0. The Hall–Kier alpha value is -2.41. The van der Waals surface area contributed by atoms with E-state index in [1.165, 1.54) is 12.1 Å². The maximum atomic E-state index is 12.1. The molecule has 1 amide bonds. The van der Waals surface area contributed by atoms with Gasteiger partial charge in [0.2, 0.25) is 0 Å². The molecule has 2 aromatic rings. The smallest absolute Gasteiger partial charge is 0.387 e. The quantitative estimate of drug-likeness (QED) is 0.733. The minimum Gasteiger partial charge on any atom is -0.463 e. The number of ether oxygens (including phenoxy) is 1. The van der Waals surface area contributed by atoms with Gasteiger partial charge in [0, 0.05) is 6.54 Å². The van der Waals surface area contributed by atoms with Crippen molar-refractivity contribution in [2.24, 2.45) is 0 Å². The normalized spacial score (nSPS) is 12.2. The van der Waals surface area contributed by atoms with Gasteiger partial charge in [-0.1, -0.05) is 12.1 Å². The summed E-state index contributed by atoms with van der Waals surface area (Å²) in [5, 5.41) is 4.72. The van der Waals surface area contributed by atoms with Crippen molar-refractivity contribution in [2.45, 2.75) is 26.0 Å². The molecule has 0 unspecified atom stereocenters. The lowest BCUT2D eigenvalue weighted by Gasteiger charge is -2.09. The predicted octanol–water partition coefficient (Wildman–Crippen LogP) is 1.86. The van der Waals surface area contributed by atoms with Crippen LogP contribution in [-0.2, 0) is 11.2 Å². The monoisotopic (exact) mass is 339 g/mol. The van der Waals surface area contributed by atoms with Gasteiger partial charge in [-0.05, 0) is 43.2 Å². The zero-order valence-corrected chi connectivity index (χ0v) is 13.4. The van der Waals surface area contributed by atoms with E-state index in [2.05, 4.69) is 10.1 Å². The van der Waals surface area contributed by atoms with E-state index in [4.69, 9.17) is 4.42 Å².